The van der Waals surface area contributed by atoms with E-state index in [0.29, 0.717) is 30.4 Å². The van der Waals surface area contributed by atoms with Crippen LogP contribution in [0.15, 0.2) is 27.6 Å². The molecule has 2 rings (SSSR count). The van der Waals surface area contributed by atoms with Gasteiger partial charge in [-0.25, -0.2) is 13.1 Å². The van der Waals surface area contributed by atoms with E-state index in [0.717, 1.165) is 18.4 Å². The molecule has 1 heterocycles. The lowest BCUT2D eigenvalue weighted by atomic mass is 10.1. The highest BCUT2D eigenvalue weighted by molar-refractivity contribution is 7.89. The summed E-state index contributed by atoms with van der Waals surface area (Å²) in [4.78, 5) is 0.0831. The monoisotopic (exact) mass is 396 g/mol. The van der Waals surface area contributed by atoms with Crippen LogP contribution in [0.3, 0.4) is 0 Å². The van der Waals surface area contributed by atoms with Gasteiger partial charge in [0.15, 0.2) is 17.3 Å². The molecule has 1 aromatic carbocycles. The van der Waals surface area contributed by atoms with Crippen molar-refractivity contribution in [3.63, 3.8) is 0 Å². The van der Waals surface area contributed by atoms with Crippen LogP contribution in [0.2, 0.25) is 0 Å². The van der Waals surface area contributed by atoms with E-state index in [1.165, 1.54) is 0 Å². The van der Waals surface area contributed by atoms with Crippen LogP contribution < -0.4 is 14.2 Å². The minimum Gasteiger partial charge on any atom is -0.490 e. The van der Waals surface area contributed by atoms with Gasteiger partial charge in [0.25, 0.3) is 0 Å². The number of aryl methyl sites for hydroxylation is 2. The molecule has 1 aromatic heterocycles. The Morgan fingerprint density at radius 1 is 1.11 bits per heavy atom. The molecular formula is C19H28N2O5S. The molecule has 0 radical (unpaired) electrons. The predicted octanol–water partition coefficient (Wildman–Crippen LogP) is 3.91. The highest BCUT2D eigenvalue weighted by atomic mass is 32.2. The molecule has 0 spiro atoms. The SMILES string of the molecule is CCCOc1ccc([C@H](C)NS(=O)(=O)c2c(C)noc2C)cc1OCCC. The second-order valence-corrected chi connectivity index (χ2v) is 8.05. The van der Waals surface area contributed by atoms with E-state index in [1.807, 2.05) is 32.0 Å². The van der Waals surface area contributed by atoms with Gasteiger partial charge in [-0.3, -0.25) is 0 Å². The molecule has 0 aliphatic heterocycles. The lowest BCUT2D eigenvalue weighted by Crippen LogP contribution is -2.27. The summed E-state index contributed by atoms with van der Waals surface area (Å²) in [6.07, 6.45) is 1.76. The Hall–Kier alpha value is -2.06. The molecule has 0 aliphatic rings. The molecular weight excluding hydrogens is 368 g/mol. The van der Waals surface area contributed by atoms with Gasteiger partial charge in [-0.1, -0.05) is 25.1 Å². The summed E-state index contributed by atoms with van der Waals surface area (Å²) in [5, 5.41) is 3.72. The second kappa shape index (κ2) is 9.23. The molecule has 0 amide bonds. The van der Waals surface area contributed by atoms with Crippen LogP contribution in [0.1, 0.15) is 56.7 Å². The number of aromatic nitrogens is 1. The van der Waals surface area contributed by atoms with E-state index < -0.39 is 16.1 Å². The van der Waals surface area contributed by atoms with Crippen molar-refractivity contribution in [2.24, 2.45) is 0 Å². The summed E-state index contributed by atoms with van der Waals surface area (Å²) < 4.78 is 44.6. The van der Waals surface area contributed by atoms with Gasteiger partial charge in [-0.05, 0) is 51.3 Å². The second-order valence-electron chi connectivity index (χ2n) is 6.40. The Morgan fingerprint density at radius 3 is 2.30 bits per heavy atom. The molecule has 7 nitrogen and oxygen atoms in total. The minimum atomic E-state index is -3.76. The molecule has 0 unspecified atom stereocenters. The maximum atomic E-state index is 12.7. The minimum absolute atomic E-state index is 0.0831. The van der Waals surface area contributed by atoms with Crippen LogP contribution in [0.5, 0.6) is 11.5 Å². The first kappa shape index (κ1) is 21.2. The van der Waals surface area contributed by atoms with Gasteiger partial charge in [0.2, 0.25) is 10.0 Å². The van der Waals surface area contributed by atoms with E-state index in [1.54, 1.807) is 20.8 Å². The zero-order valence-corrected chi connectivity index (χ0v) is 17.4. The molecule has 1 atom stereocenters. The third kappa shape index (κ3) is 5.23. The number of sulfonamides is 1. The van der Waals surface area contributed by atoms with E-state index in [-0.39, 0.29) is 10.7 Å². The number of rotatable bonds is 10. The topological polar surface area (TPSA) is 90.7 Å². The van der Waals surface area contributed by atoms with Crippen LogP contribution in [-0.2, 0) is 10.0 Å². The Labute approximate surface area is 161 Å². The van der Waals surface area contributed by atoms with Crippen molar-refractivity contribution in [1.29, 1.82) is 0 Å². The van der Waals surface area contributed by atoms with Crippen molar-refractivity contribution in [1.82, 2.24) is 9.88 Å². The van der Waals surface area contributed by atoms with Gasteiger partial charge in [0.1, 0.15) is 10.6 Å². The summed E-state index contributed by atoms with van der Waals surface area (Å²) in [5.41, 5.74) is 1.11. The number of nitrogens with one attached hydrogen (secondary N) is 1. The molecule has 0 fully saturated rings. The fourth-order valence-electron chi connectivity index (χ4n) is 2.67. The number of hydrogen-bond donors (Lipinski definition) is 1. The Bertz CT molecular complexity index is 841. The fraction of sp³-hybridized carbons (Fsp3) is 0.526. The molecule has 8 heteroatoms. The number of nitrogens with zero attached hydrogens (tertiary/aromatic N) is 1. The van der Waals surface area contributed by atoms with E-state index in [2.05, 4.69) is 9.88 Å². The third-order valence-electron chi connectivity index (χ3n) is 3.96. The van der Waals surface area contributed by atoms with Crippen molar-refractivity contribution in [2.45, 2.75) is 58.4 Å². The molecule has 2 aromatic rings. The maximum absolute atomic E-state index is 12.7. The van der Waals surface area contributed by atoms with Crippen molar-refractivity contribution < 1.29 is 22.4 Å². The Kier molecular flexibility index (Phi) is 7.26. The van der Waals surface area contributed by atoms with Crippen molar-refractivity contribution >= 4 is 10.0 Å². The largest absolute Gasteiger partial charge is 0.490 e. The van der Waals surface area contributed by atoms with Crippen LogP contribution in [0, 0.1) is 13.8 Å². The standard InChI is InChI=1S/C19H28N2O5S/c1-6-10-24-17-9-8-16(12-18(17)25-11-7-2)13(3)21-27(22,23)19-14(4)20-26-15(19)5/h8-9,12-13,21H,6-7,10-11H2,1-5H3/t13-/m0/s1. The summed E-state index contributed by atoms with van der Waals surface area (Å²) in [7, 11) is -3.76. The summed E-state index contributed by atoms with van der Waals surface area (Å²) >= 11 is 0. The van der Waals surface area contributed by atoms with Crippen molar-refractivity contribution in [2.75, 3.05) is 13.2 Å². The highest BCUT2D eigenvalue weighted by Gasteiger charge is 2.26. The fourth-order valence-corrected chi connectivity index (χ4v) is 4.23. The lowest BCUT2D eigenvalue weighted by molar-refractivity contribution is 0.268. The number of hydrogen-bond acceptors (Lipinski definition) is 6. The van der Waals surface area contributed by atoms with Gasteiger partial charge in [-0.2, -0.15) is 0 Å². The molecule has 0 saturated carbocycles. The molecule has 150 valence electrons. The maximum Gasteiger partial charge on any atom is 0.246 e. The van der Waals surface area contributed by atoms with E-state index in [9.17, 15) is 8.42 Å². The van der Waals surface area contributed by atoms with Crippen LogP contribution >= 0.6 is 0 Å². The van der Waals surface area contributed by atoms with Gasteiger partial charge < -0.3 is 14.0 Å². The van der Waals surface area contributed by atoms with Crippen LogP contribution in [0.25, 0.3) is 0 Å². The van der Waals surface area contributed by atoms with Gasteiger partial charge in [-0.15, -0.1) is 0 Å². The van der Waals surface area contributed by atoms with E-state index in [4.69, 9.17) is 14.0 Å². The van der Waals surface area contributed by atoms with Crippen molar-refractivity contribution in [3.8, 4) is 11.5 Å². The van der Waals surface area contributed by atoms with Crippen LogP contribution in [0.4, 0.5) is 0 Å². The normalized spacial score (nSPS) is 12.8. The van der Waals surface area contributed by atoms with E-state index >= 15 is 0 Å². The zero-order valence-electron chi connectivity index (χ0n) is 16.5. The average molecular weight is 397 g/mol. The molecule has 1 N–H and O–H groups in total. The summed E-state index contributed by atoms with van der Waals surface area (Å²) in [6, 6.07) is 5.01. The zero-order chi connectivity index (χ0) is 20.0. The number of benzene rings is 1. The van der Waals surface area contributed by atoms with Crippen LogP contribution in [-0.4, -0.2) is 26.8 Å². The Balaban J connectivity index is 2.25. The first-order valence-corrected chi connectivity index (χ1v) is 10.6. The first-order valence-electron chi connectivity index (χ1n) is 9.14. The van der Waals surface area contributed by atoms with Crippen molar-refractivity contribution in [3.05, 3.63) is 35.2 Å². The summed E-state index contributed by atoms with van der Waals surface area (Å²) in [6.45, 7) is 10.2. The lowest BCUT2D eigenvalue weighted by Gasteiger charge is -2.18. The highest BCUT2D eigenvalue weighted by Crippen LogP contribution is 2.32. The smallest absolute Gasteiger partial charge is 0.246 e. The molecule has 27 heavy (non-hydrogen) atoms. The quantitative estimate of drug-likeness (QED) is 0.655. The third-order valence-corrected chi connectivity index (χ3v) is 5.74. The first-order chi connectivity index (χ1) is 12.8. The van der Waals surface area contributed by atoms with Gasteiger partial charge in [0.05, 0.1) is 13.2 Å². The van der Waals surface area contributed by atoms with Gasteiger partial charge in [0, 0.05) is 6.04 Å². The molecule has 0 saturated heterocycles. The number of ether oxygens (including phenoxy) is 2. The average Bonchev–Trinajstić information content (AvgIpc) is 2.97. The molecule has 0 aliphatic carbocycles. The summed E-state index contributed by atoms with van der Waals surface area (Å²) in [5.74, 6) is 1.54. The molecule has 0 bridgehead atoms. The van der Waals surface area contributed by atoms with Gasteiger partial charge >= 0.3 is 0 Å². The Morgan fingerprint density at radius 2 is 1.74 bits per heavy atom. The predicted molar refractivity (Wildman–Crippen MR) is 103 cm³/mol.